The molecule has 2 aromatic heterocycles. The van der Waals surface area contributed by atoms with Gasteiger partial charge in [-0.05, 0) is 45.9 Å². The van der Waals surface area contributed by atoms with Crippen molar-refractivity contribution in [2.75, 3.05) is 0 Å². The van der Waals surface area contributed by atoms with Crippen molar-refractivity contribution in [3.8, 4) is 0 Å². The van der Waals surface area contributed by atoms with Crippen LogP contribution in [0.5, 0.6) is 0 Å². The summed E-state index contributed by atoms with van der Waals surface area (Å²) in [5, 5.41) is 5.04. The van der Waals surface area contributed by atoms with Crippen molar-refractivity contribution in [1.29, 1.82) is 0 Å². The van der Waals surface area contributed by atoms with E-state index in [0.29, 0.717) is 16.3 Å². The van der Waals surface area contributed by atoms with E-state index in [1.807, 2.05) is 6.07 Å². The maximum Gasteiger partial charge on any atom is 0.287 e. The number of amides is 1. The zero-order valence-electron chi connectivity index (χ0n) is 8.85. The van der Waals surface area contributed by atoms with Gasteiger partial charge in [-0.3, -0.25) is 4.79 Å². The number of rotatable bonds is 3. The first-order chi connectivity index (χ1) is 8.24. The van der Waals surface area contributed by atoms with Crippen molar-refractivity contribution in [2.24, 2.45) is 0 Å². The maximum atomic E-state index is 11.8. The van der Waals surface area contributed by atoms with Gasteiger partial charge in [-0.1, -0.05) is 6.07 Å². The van der Waals surface area contributed by atoms with E-state index in [9.17, 15) is 4.79 Å². The van der Waals surface area contributed by atoms with Gasteiger partial charge in [-0.25, -0.2) is 0 Å². The summed E-state index contributed by atoms with van der Waals surface area (Å²) in [6.45, 7) is 0. The number of nitrogens with one attached hydrogen (secondary N) is 1. The molecule has 5 heteroatoms. The third-order valence-corrected chi connectivity index (χ3v) is 4.24. The largest absolute Gasteiger partial charge is 0.444 e. The SMILES string of the molecule is O=C(NC1CC1c1cccs1)c1ccc(Br)o1. The molecule has 1 N–H and O–H groups in total. The molecule has 0 radical (unpaired) electrons. The van der Waals surface area contributed by atoms with Crippen molar-refractivity contribution < 1.29 is 9.21 Å². The van der Waals surface area contributed by atoms with E-state index < -0.39 is 0 Å². The minimum absolute atomic E-state index is 0.139. The molecule has 2 atom stereocenters. The molecule has 1 aliphatic rings. The first-order valence-corrected chi connectivity index (χ1v) is 7.01. The van der Waals surface area contributed by atoms with Gasteiger partial charge in [0.15, 0.2) is 10.4 Å². The summed E-state index contributed by atoms with van der Waals surface area (Å²) in [5.41, 5.74) is 0. The molecule has 3 nitrogen and oxygen atoms in total. The maximum absolute atomic E-state index is 11.8. The van der Waals surface area contributed by atoms with Crippen LogP contribution in [0.15, 0.2) is 38.7 Å². The van der Waals surface area contributed by atoms with Gasteiger partial charge in [0.25, 0.3) is 5.91 Å². The molecule has 2 aromatic rings. The average molecular weight is 312 g/mol. The lowest BCUT2D eigenvalue weighted by molar-refractivity contribution is 0.0921. The molecule has 1 saturated carbocycles. The van der Waals surface area contributed by atoms with Gasteiger partial charge in [0.1, 0.15) is 0 Å². The van der Waals surface area contributed by atoms with E-state index in [2.05, 4.69) is 32.7 Å². The number of hydrogen-bond donors (Lipinski definition) is 1. The monoisotopic (exact) mass is 311 g/mol. The van der Waals surface area contributed by atoms with Crippen LogP contribution >= 0.6 is 27.3 Å². The number of thiophene rings is 1. The van der Waals surface area contributed by atoms with E-state index in [1.165, 1.54) is 4.88 Å². The third kappa shape index (κ3) is 2.30. The van der Waals surface area contributed by atoms with E-state index >= 15 is 0 Å². The molecule has 0 spiro atoms. The molecule has 1 fully saturated rings. The normalized spacial score (nSPS) is 22.4. The summed E-state index contributed by atoms with van der Waals surface area (Å²) in [6.07, 6.45) is 1.02. The quantitative estimate of drug-likeness (QED) is 0.944. The van der Waals surface area contributed by atoms with Gasteiger partial charge in [0.2, 0.25) is 0 Å². The Morgan fingerprint density at radius 2 is 2.35 bits per heavy atom. The summed E-state index contributed by atoms with van der Waals surface area (Å²) in [6, 6.07) is 7.80. The highest BCUT2D eigenvalue weighted by Gasteiger charge is 2.40. The van der Waals surface area contributed by atoms with Crippen molar-refractivity contribution in [2.45, 2.75) is 18.4 Å². The van der Waals surface area contributed by atoms with Crippen LogP contribution in [0.2, 0.25) is 0 Å². The fourth-order valence-corrected chi connectivity index (χ4v) is 3.06. The smallest absolute Gasteiger partial charge is 0.287 e. The minimum Gasteiger partial charge on any atom is -0.444 e. The van der Waals surface area contributed by atoms with Crippen LogP contribution in [0.3, 0.4) is 0 Å². The predicted molar refractivity (Wildman–Crippen MR) is 69.3 cm³/mol. The molecular formula is C12H10BrNO2S. The zero-order valence-corrected chi connectivity index (χ0v) is 11.3. The van der Waals surface area contributed by atoms with Gasteiger partial charge in [-0.2, -0.15) is 0 Å². The van der Waals surface area contributed by atoms with Crippen molar-refractivity contribution in [3.63, 3.8) is 0 Å². The number of furan rings is 1. The molecule has 1 amide bonds. The topological polar surface area (TPSA) is 42.2 Å². The van der Waals surface area contributed by atoms with E-state index in [-0.39, 0.29) is 11.9 Å². The van der Waals surface area contributed by atoms with Crippen LogP contribution in [0.1, 0.15) is 27.8 Å². The number of hydrogen-bond acceptors (Lipinski definition) is 3. The molecule has 0 bridgehead atoms. The Bertz CT molecular complexity index is 534. The Morgan fingerprint density at radius 3 is 3.00 bits per heavy atom. The highest BCUT2D eigenvalue weighted by molar-refractivity contribution is 9.10. The van der Waals surface area contributed by atoms with E-state index in [0.717, 1.165) is 6.42 Å². The molecule has 0 aromatic carbocycles. The van der Waals surface area contributed by atoms with Crippen LogP contribution in [-0.2, 0) is 0 Å². The van der Waals surface area contributed by atoms with Crippen LogP contribution in [0.4, 0.5) is 0 Å². The Labute approximate surface area is 111 Å². The van der Waals surface area contributed by atoms with Crippen LogP contribution in [0.25, 0.3) is 0 Å². The Morgan fingerprint density at radius 1 is 1.47 bits per heavy atom. The Hall–Kier alpha value is -1.07. The summed E-state index contributed by atoms with van der Waals surface area (Å²) >= 11 is 4.92. The van der Waals surface area contributed by atoms with Crippen molar-refractivity contribution in [3.05, 3.63) is 45.0 Å². The van der Waals surface area contributed by atoms with Gasteiger partial charge in [0, 0.05) is 16.8 Å². The summed E-state index contributed by atoms with van der Waals surface area (Å²) in [4.78, 5) is 13.1. The second-order valence-corrected chi connectivity index (χ2v) is 5.80. The van der Waals surface area contributed by atoms with E-state index in [4.69, 9.17) is 4.42 Å². The average Bonchev–Trinajstić information content (AvgIpc) is 2.77. The number of carbonyl (C=O) groups is 1. The lowest BCUT2D eigenvalue weighted by Crippen LogP contribution is -2.26. The molecule has 1 aliphatic carbocycles. The van der Waals surface area contributed by atoms with Crippen LogP contribution in [-0.4, -0.2) is 11.9 Å². The van der Waals surface area contributed by atoms with Crippen LogP contribution < -0.4 is 5.32 Å². The van der Waals surface area contributed by atoms with Crippen LogP contribution in [0, 0.1) is 0 Å². The first kappa shape index (κ1) is 11.0. The molecule has 0 saturated heterocycles. The second kappa shape index (κ2) is 4.31. The first-order valence-electron chi connectivity index (χ1n) is 5.33. The standard InChI is InChI=1S/C12H10BrNO2S/c13-11-4-3-9(16-11)12(15)14-8-6-7(8)10-2-1-5-17-10/h1-5,7-8H,6H2,(H,14,15). The van der Waals surface area contributed by atoms with Gasteiger partial charge in [0.05, 0.1) is 0 Å². The third-order valence-electron chi connectivity index (χ3n) is 2.81. The molecule has 3 rings (SSSR count). The molecule has 0 aliphatic heterocycles. The second-order valence-electron chi connectivity index (χ2n) is 4.04. The molecule has 2 heterocycles. The molecule has 17 heavy (non-hydrogen) atoms. The van der Waals surface area contributed by atoms with E-state index in [1.54, 1.807) is 23.5 Å². The summed E-state index contributed by atoms with van der Waals surface area (Å²) in [7, 11) is 0. The van der Waals surface area contributed by atoms with Gasteiger partial charge in [-0.15, -0.1) is 11.3 Å². The molecule has 88 valence electrons. The fraction of sp³-hybridized carbons (Fsp3) is 0.250. The van der Waals surface area contributed by atoms with Crippen molar-refractivity contribution >= 4 is 33.2 Å². The van der Waals surface area contributed by atoms with Gasteiger partial charge < -0.3 is 9.73 Å². The highest BCUT2D eigenvalue weighted by atomic mass is 79.9. The molecular weight excluding hydrogens is 302 g/mol. The van der Waals surface area contributed by atoms with Crippen molar-refractivity contribution in [1.82, 2.24) is 5.32 Å². The zero-order chi connectivity index (χ0) is 11.8. The Kier molecular flexibility index (Phi) is 2.80. The minimum atomic E-state index is -0.139. The predicted octanol–water partition coefficient (Wildman–Crippen LogP) is 3.39. The lowest BCUT2D eigenvalue weighted by Gasteiger charge is -2.00. The molecule has 2 unspecified atom stereocenters. The Balaban J connectivity index is 1.61. The number of halogens is 1. The fourth-order valence-electron chi connectivity index (χ4n) is 1.85. The number of carbonyl (C=O) groups excluding carboxylic acids is 1. The lowest BCUT2D eigenvalue weighted by atomic mass is 10.3. The van der Waals surface area contributed by atoms with Gasteiger partial charge >= 0.3 is 0 Å². The summed E-state index contributed by atoms with van der Waals surface area (Å²) in [5.74, 6) is 0.700. The highest BCUT2D eigenvalue weighted by Crippen LogP contribution is 2.42. The summed E-state index contributed by atoms with van der Waals surface area (Å²) < 4.78 is 5.78.